The second-order valence-electron chi connectivity index (χ2n) is 3.74. The summed E-state index contributed by atoms with van der Waals surface area (Å²) in [5.74, 6) is -0.701. The van der Waals surface area contributed by atoms with Gasteiger partial charge in [0.1, 0.15) is 0 Å². The maximum Gasteiger partial charge on any atom is 0.214 e. The predicted molar refractivity (Wildman–Crippen MR) is 59.5 cm³/mol. The third-order valence-corrected chi connectivity index (χ3v) is 2.72. The van der Waals surface area contributed by atoms with Gasteiger partial charge in [-0.05, 0) is 18.9 Å². The lowest BCUT2D eigenvalue weighted by atomic mass is 10.0. The van der Waals surface area contributed by atoms with E-state index in [1.165, 1.54) is 18.4 Å². The van der Waals surface area contributed by atoms with Crippen LogP contribution in [0.4, 0.5) is 0 Å². The van der Waals surface area contributed by atoms with E-state index in [1.807, 2.05) is 30.3 Å². The minimum Gasteiger partial charge on any atom is -0.346 e. The second kappa shape index (κ2) is 4.17. The molecular formula is C13H16O2. The van der Waals surface area contributed by atoms with Crippen LogP contribution in [-0.4, -0.2) is 14.2 Å². The van der Waals surface area contributed by atoms with Gasteiger partial charge in [-0.2, -0.15) is 0 Å². The fourth-order valence-electron chi connectivity index (χ4n) is 1.68. The molecule has 0 amide bonds. The summed E-state index contributed by atoms with van der Waals surface area (Å²) in [4.78, 5) is 0. The molecule has 1 aromatic rings. The molecule has 80 valence electrons. The summed E-state index contributed by atoms with van der Waals surface area (Å²) in [6, 6.07) is 10.0. The average Bonchev–Trinajstić information content (AvgIpc) is 3.11. The molecular weight excluding hydrogens is 188 g/mol. The van der Waals surface area contributed by atoms with Gasteiger partial charge >= 0.3 is 0 Å². The van der Waals surface area contributed by atoms with Gasteiger partial charge < -0.3 is 9.47 Å². The number of ether oxygens (including phenoxy) is 2. The van der Waals surface area contributed by atoms with E-state index >= 15 is 0 Å². The number of hydrogen-bond acceptors (Lipinski definition) is 2. The summed E-state index contributed by atoms with van der Waals surface area (Å²) >= 11 is 0. The van der Waals surface area contributed by atoms with Crippen molar-refractivity contribution < 1.29 is 9.47 Å². The monoisotopic (exact) mass is 204 g/mol. The number of rotatable bonds is 4. The Morgan fingerprint density at radius 2 is 1.67 bits per heavy atom. The number of allylic oxidation sites excluding steroid dienone is 1. The molecule has 0 bridgehead atoms. The zero-order chi connectivity index (χ0) is 10.7. The van der Waals surface area contributed by atoms with Crippen LogP contribution in [-0.2, 0) is 15.3 Å². The normalized spacial score (nSPS) is 15.2. The van der Waals surface area contributed by atoms with E-state index in [1.54, 1.807) is 14.2 Å². The minimum atomic E-state index is -0.701. The number of benzene rings is 1. The molecule has 1 saturated carbocycles. The van der Waals surface area contributed by atoms with Gasteiger partial charge in [0.15, 0.2) is 0 Å². The molecule has 15 heavy (non-hydrogen) atoms. The Morgan fingerprint density at radius 1 is 1.07 bits per heavy atom. The lowest BCUT2D eigenvalue weighted by Gasteiger charge is -2.28. The van der Waals surface area contributed by atoms with Crippen molar-refractivity contribution in [2.75, 3.05) is 14.2 Å². The topological polar surface area (TPSA) is 18.5 Å². The van der Waals surface area contributed by atoms with Gasteiger partial charge in [0, 0.05) is 19.8 Å². The van der Waals surface area contributed by atoms with E-state index in [9.17, 15) is 0 Å². The molecule has 0 unspecified atom stereocenters. The lowest BCUT2D eigenvalue weighted by molar-refractivity contribution is -0.178. The highest BCUT2D eigenvalue weighted by Crippen LogP contribution is 2.36. The van der Waals surface area contributed by atoms with Crippen molar-refractivity contribution >= 4 is 0 Å². The Kier molecular flexibility index (Phi) is 2.89. The summed E-state index contributed by atoms with van der Waals surface area (Å²) in [6.45, 7) is 0. The lowest BCUT2D eigenvalue weighted by Crippen LogP contribution is -2.28. The van der Waals surface area contributed by atoms with E-state index < -0.39 is 5.79 Å². The molecule has 0 saturated heterocycles. The molecule has 1 aromatic carbocycles. The standard InChI is InChI=1S/C13H16O2/c1-14-13(15-2,10-11-8-9-11)12-6-4-3-5-7-12/h3-7,10H,8-9H2,1-2H3. The fraction of sp³-hybridized carbons (Fsp3) is 0.385. The largest absolute Gasteiger partial charge is 0.346 e. The first-order valence-electron chi connectivity index (χ1n) is 5.17. The van der Waals surface area contributed by atoms with Gasteiger partial charge in [0.25, 0.3) is 0 Å². The molecule has 1 fully saturated rings. The maximum atomic E-state index is 5.53. The Bertz CT molecular complexity index is 344. The molecule has 0 radical (unpaired) electrons. The Balaban J connectivity index is 2.37. The first-order valence-corrected chi connectivity index (χ1v) is 5.17. The minimum absolute atomic E-state index is 0.701. The van der Waals surface area contributed by atoms with Crippen LogP contribution >= 0.6 is 0 Å². The van der Waals surface area contributed by atoms with Crippen LogP contribution in [0.5, 0.6) is 0 Å². The quantitative estimate of drug-likeness (QED) is 0.554. The van der Waals surface area contributed by atoms with E-state index in [4.69, 9.17) is 9.47 Å². The van der Waals surface area contributed by atoms with E-state index in [-0.39, 0.29) is 0 Å². The molecule has 0 spiro atoms. The zero-order valence-electron chi connectivity index (χ0n) is 9.19. The van der Waals surface area contributed by atoms with Crippen LogP contribution in [0.1, 0.15) is 18.4 Å². The van der Waals surface area contributed by atoms with Crippen molar-refractivity contribution in [3.63, 3.8) is 0 Å². The van der Waals surface area contributed by atoms with Gasteiger partial charge in [-0.25, -0.2) is 0 Å². The first kappa shape index (κ1) is 10.4. The van der Waals surface area contributed by atoms with E-state index in [0.29, 0.717) is 0 Å². The average molecular weight is 204 g/mol. The van der Waals surface area contributed by atoms with E-state index in [0.717, 1.165) is 5.56 Å². The fourth-order valence-corrected chi connectivity index (χ4v) is 1.68. The van der Waals surface area contributed by atoms with Crippen LogP contribution in [0.2, 0.25) is 0 Å². The second-order valence-corrected chi connectivity index (χ2v) is 3.74. The number of hydrogen-bond donors (Lipinski definition) is 0. The number of methoxy groups -OCH3 is 2. The molecule has 2 heteroatoms. The zero-order valence-corrected chi connectivity index (χ0v) is 9.19. The third-order valence-electron chi connectivity index (χ3n) is 2.72. The summed E-state index contributed by atoms with van der Waals surface area (Å²) in [5, 5.41) is 0. The molecule has 0 atom stereocenters. The highest BCUT2D eigenvalue weighted by Gasteiger charge is 2.31. The summed E-state index contributed by atoms with van der Waals surface area (Å²) in [6.07, 6.45) is 4.42. The van der Waals surface area contributed by atoms with Crippen molar-refractivity contribution in [1.29, 1.82) is 0 Å². The van der Waals surface area contributed by atoms with Gasteiger partial charge in [-0.1, -0.05) is 35.9 Å². The molecule has 1 aliphatic rings. The van der Waals surface area contributed by atoms with Gasteiger partial charge in [0.05, 0.1) is 0 Å². The molecule has 2 nitrogen and oxygen atoms in total. The van der Waals surface area contributed by atoms with Crippen molar-refractivity contribution in [3.8, 4) is 0 Å². The molecule has 0 N–H and O–H groups in total. The SMILES string of the molecule is COC(C=C1CC1)(OC)c1ccccc1. The van der Waals surface area contributed by atoms with Crippen LogP contribution in [0.25, 0.3) is 0 Å². The Hall–Kier alpha value is -1.12. The summed E-state index contributed by atoms with van der Waals surface area (Å²) < 4.78 is 11.1. The van der Waals surface area contributed by atoms with Gasteiger partial charge in [-0.15, -0.1) is 0 Å². The maximum absolute atomic E-state index is 5.53. The summed E-state index contributed by atoms with van der Waals surface area (Å²) in [7, 11) is 3.35. The smallest absolute Gasteiger partial charge is 0.214 e. The van der Waals surface area contributed by atoms with Crippen molar-refractivity contribution in [2.24, 2.45) is 0 Å². The van der Waals surface area contributed by atoms with Gasteiger partial charge in [-0.3, -0.25) is 0 Å². The van der Waals surface area contributed by atoms with Crippen LogP contribution in [0.15, 0.2) is 42.0 Å². The van der Waals surface area contributed by atoms with E-state index in [2.05, 4.69) is 6.08 Å². The molecule has 0 aliphatic heterocycles. The molecule has 0 heterocycles. The third kappa shape index (κ3) is 2.11. The molecule has 1 aliphatic carbocycles. The van der Waals surface area contributed by atoms with Crippen molar-refractivity contribution in [2.45, 2.75) is 18.6 Å². The summed E-state index contributed by atoms with van der Waals surface area (Å²) in [5.41, 5.74) is 2.44. The molecule has 2 rings (SSSR count). The first-order chi connectivity index (χ1) is 7.30. The van der Waals surface area contributed by atoms with Crippen LogP contribution in [0, 0.1) is 0 Å². The van der Waals surface area contributed by atoms with Crippen LogP contribution < -0.4 is 0 Å². The Labute approximate surface area is 90.5 Å². The predicted octanol–water partition coefficient (Wildman–Crippen LogP) is 2.85. The highest BCUT2D eigenvalue weighted by molar-refractivity contribution is 5.30. The molecule has 0 aromatic heterocycles. The van der Waals surface area contributed by atoms with Crippen molar-refractivity contribution in [3.05, 3.63) is 47.5 Å². The van der Waals surface area contributed by atoms with Gasteiger partial charge in [0.2, 0.25) is 5.79 Å². The van der Waals surface area contributed by atoms with Crippen molar-refractivity contribution in [1.82, 2.24) is 0 Å². The van der Waals surface area contributed by atoms with Crippen LogP contribution in [0.3, 0.4) is 0 Å². The Morgan fingerprint density at radius 3 is 2.13 bits per heavy atom. The highest BCUT2D eigenvalue weighted by atomic mass is 16.7.